The quantitative estimate of drug-likeness (QED) is 0.831. The summed E-state index contributed by atoms with van der Waals surface area (Å²) in [6.45, 7) is 0.997. The summed E-state index contributed by atoms with van der Waals surface area (Å²) in [6, 6.07) is 0. The molecular weight excluding hydrogens is 297 g/mol. The predicted molar refractivity (Wildman–Crippen MR) is 67.3 cm³/mol. The van der Waals surface area contributed by atoms with Crippen molar-refractivity contribution in [3.63, 3.8) is 0 Å². The van der Waals surface area contributed by atoms with Crippen LogP contribution in [0.15, 0.2) is 15.6 Å². The molecule has 0 saturated heterocycles. The number of H-pyrrole nitrogens is 1. The SMILES string of the molecule is COCC(Cl)CN(C)c1nc[nH]c(=O)c1Br. The number of halogens is 2. The monoisotopic (exact) mass is 309 g/mol. The minimum absolute atomic E-state index is 0.150. The van der Waals surface area contributed by atoms with Crippen LogP contribution < -0.4 is 10.5 Å². The Hall–Kier alpha value is -0.590. The third-order valence-electron chi connectivity index (χ3n) is 1.96. The second kappa shape index (κ2) is 6.22. The van der Waals surface area contributed by atoms with Crippen LogP contribution in [0, 0.1) is 0 Å². The van der Waals surface area contributed by atoms with Crippen LogP contribution in [0.1, 0.15) is 0 Å². The van der Waals surface area contributed by atoms with Crippen LogP contribution in [0.2, 0.25) is 0 Å². The molecule has 0 bridgehead atoms. The first-order chi connectivity index (χ1) is 7.56. The zero-order chi connectivity index (χ0) is 12.1. The van der Waals surface area contributed by atoms with Gasteiger partial charge in [-0.05, 0) is 15.9 Å². The van der Waals surface area contributed by atoms with Gasteiger partial charge in [-0.25, -0.2) is 4.98 Å². The number of anilines is 1. The molecule has 0 spiro atoms. The highest BCUT2D eigenvalue weighted by atomic mass is 79.9. The maximum Gasteiger partial charge on any atom is 0.267 e. The fourth-order valence-electron chi connectivity index (χ4n) is 1.26. The van der Waals surface area contributed by atoms with Gasteiger partial charge < -0.3 is 14.6 Å². The number of aromatic nitrogens is 2. The van der Waals surface area contributed by atoms with Crippen molar-refractivity contribution < 1.29 is 4.74 Å². The van der Waals surface area contributed by atoms with Crippen LogP contribution in [0.25, 0.3) is 0 Å². The molecule has 1 heterocycles. The van der Waals surface area contributed by atoms with Crippen molar-refractivity contribution in [2.45, 2.75) is 5.38 Å². The van der Waals surface area contributed by atoms with Gasteiger partial charge in [0, 0.05) is 20.7 Å². The molecule has 1 rings (SSSR count). The number of rotatable bonds is 5. The van der Waals surface area contributed by atoms with Gasteiger partial charge >= 0.3 is 0 Å². The van der Waals surface area contributed by atoms with E-state index in [4.69, 9.17) is 16.3 Å². The molecule has 0 amide bonds. The molecule has 1 aromatic rings. The Bertz CT molecular complexity index is 399. The number of ether oxygens (including phenoxy) is 1. The van der Waals surface area contributed by atoms with E-state index in [1.807, 2.05) is 7.05 Å². The molecule has 5 nitrogen and oxygen atoms in total. The molecule has 0 aliphatic carbocycles. The van der Waals surface area contributed by atoms with E-state index in [1.165, 1.54) is 6.33 Å². The van der Waals surface area contributed by atoms with E-state index in [0.29, 0.717) is 23.4 Å². The van der Waals surface area contributed by atoms with Crippen molar-refractivity contribution in [2.24, 2.45) is 0 Å². The summed E-state index contributed by atoms with van der Waals surface area (Å²) < 4.78 is 5.34. The highest BCUT2D eigenvalue weighted by Crippen LogP contribution is 2.18. The van der Waals surface area contributed by atoms with Crippen molar-refractivity contribution in [2.75, 3.05) is 32.2 Å². The number of nitrogens with zero attached hydrogens (tertiary/aromatic N) is 2. The van der Waals surface area contributed by atoms with E-state index in [-0.39, 0.29) is 10.9 Å². The van der Waals surface area contributed by atoms with Gasteiger partial charge in [-0.3, -0.25) is 4.79 Å². The van der Waals surface area contributed by atoms with Crippen LogP contribution in [0.5, 0.6) is 0 Å². The van der Waals surface area contributed by atoms with E-state index in [2.05, 4.69) is 25.9 Å². The molecule has 1 unspecified atom stereocenters. The third kappa shape index (κ3) is 3.47. The second-order valence-corrected chi connectivity index (χ2v) is 4.71. The summed E-state index contributed by atoms with van der Waals surface area (Å²) in [6.07, 6.45) is 1.36. The standard InChI is InChI=1S/C9H13BrClN3O2/c1-14(3-6(11)4-16-2)8-7(10)9(15)13-5-12-8/h5-6H,3-4H2,1-2H3,(H,12,13,15). The molecule has 0 saturated carbocycles. The largest absolute Gasteiger partial charge is 0.383 e. The van der Waals surface area contributed by atoms with Gasteiger partial charge in [0.25, 0.3) is 5.56 Å². The van der Waals surface area contributed by atoms with Crippen LogP contribution in [0.4, 0.5) is 5.82 Å². The number of hydrogen-bond donors (Lipinski definition) is 1. The molecular formula is C9H13BrClN3O2. The number of methoxy groups -OCH3 is 1. The van der Waals surface area contributed by atoms with E-state index < -0.39 is 0 Å². The average Bonchev–Trinajstić information content (AvgIpc) is 2.22. The Morgan fingerprint density at radius 1 is 1.75 bits per heavy atom. The molecule has 0 aliphatic heterocycles. The van der Waals surface area contributed by atoms with Crippen LogP contribution >= 0.6 is 27.5 Å². The van der Waals surface area contributed by atoms with Crippen LogP contribution in [-0.4, -0.2) is 42.7 Å². The normalized spacial score (nSPS) is 12.5. The summed E-state index contributed by atoms with van der Waals surface area (Å²) in [4.78, 5) is 19.7. The van der Waals surface area contributed by atoms with Gasteiger partial charge in [0.05, 0.1) is 18.3 Å². The van der Waals surface area contributed by atoms with Crippen molar-refractivity contribution >= 4 is 33.3 Å². The molecule has 0 aromatic carbocycles. The first kappa shape index (κ1) is 13.5. The zero-order valence-corrected chi connectivity index (χ0v) is 11.4. The third-order valence-corrected chi connectivity index (χ3v) is 2.94. The van der Waals surface area contributed by atoms with Gasteiger partial charge in [-0.15, -0.1) is 11.6 Å². The summed E-state index contributed by atoms with van der Waals surface area (Å²) in [5, 5.41) is -0.150. The lowest BCUT2D eigenvalue weighted by Crippen LogP contribution is -2.30. The van der Waals surface area contributed by atoms with Crippen molar-refractivity contribution in [3.8, 4) is 0 Å². The Balaban J connectivity index is 2.76. The minimum Gasteiger partial charge on any atom is -0.383 e. The number of nitrogens with one attached hydrogen (secondary N) is 1. The summed E-state index contributed by atoms with van der Waals surface area (Å²) in [7, 11) is 3.41. The zero-order valence-electron chi connectivity index (χ0n) is 9.04. The van der Waals surface area contributed by atoms with Gasteiger partial charge in [0.15, 0.2) is 0 Å². The summed E-state index contributed by atoms with van der Waals surface area (Å²) >= 11 is 9.21. The lowest BCUT2D eigenvalue weighted by Gasteiger charge is -2.21. The summed E-state index contributed by atoms with van der Waals surface area (Å²) in [5.41, 5.74) is -0.213. The average molecular weight is 311 g/mol. The van der Waals surface area contributed by atoms with Crippen LogP contribution in [-0.2, 0) is 4.74 Å². The Morgan fingerprint density at radius 2 is 2.44 bits per heavy atom. The molecule has 16 heavy (non-hydrogen) atoms. The van der Waals surface area contributed by atoms with E-state index in [0.717, 1.165) is 0 Å². The van der Waals surface area contributed by atoms with Gasteiger partial charge in [-0.1, -0.05) is 0 Å². The molecule has 0 radical (unpaired) electrons. The molecule has 1 N–H and O–H groups in total. The van der Waals surface area contributed by atoms with Crippen molar-refractivity contribution in [3.05, 3.63) is 21.2 Å². The molecule has 0 aliphatic rings. The Labute approximate surface area is 107 Å². The fourth-order valence-corrected chi connectivity index (χ4v) is 2.11. The molecule has 1 aromatic heterocycles. The predicted octanol–water partition coefficient (Wildman–Crippen LogP) is 1.22. The van der Waals surface area contributed by atoms with E-state index in [9.17, 15) is 4.79 Å². The number of aromatic amines is 1. The Morgan fingerprint density at radius 3 is 3.06 bits per heavy atom. The van der Waals surface area contributed by atoms with Crippen LogP contribution in [0.3, 0.4) is 0 Å². The highest BCUT2D eigenvalue weighted by Gasteiger charge is 2.14. The lowest BCUT2D eigenvalue weighted by atomic mass is 10.4. The van der Waals surface area contributed by atoms with Gasteiger partial charge in [-0.2, -0.15) is 0 Å². The maximum atomic E-state index is 11.3. The summed E-state index contributed by atoms with van der Waals surface area (Å²) in [5.74, 6) is 0.561. The molecule has 0 fully saturated rings. The second-order valence-electron chi connectivity index (χ2n) is 3.30. The van der Waals surface area contributed by atoms with Gasteiger partial charge in [0.2, 0.25) is 0 Å². The molecule has 7 heteroatoms. The number of hydrogen-bond acceptors (Lipinski definition) is 4. The topological polar surface area (TPSA) is 58.2 Å². The van der Waals surface area contributed by atoms with Crippen molar-refractivity contribution in [1.29, 1.82) is 0 Å². The van der Waals surface area contributed by atoms with E-state index in [1.54, 1.807) is 12.0 Å². The number of alkyl halides is 1. The van der Waals surface area contributed by atoms with E-state index >= 15 is 0 Å². The Kier molecular flexibility index (Phi) is 5.24. The maximum absolute atomic E-state index is 11.3. The highest BCUT2D eigenvalue weighted by molar-refractivity contribution is 9.10. The molecule has 90 valence electrons. The fraction of sp³-hybridized carbons (Fsp3) is 0.556. The first-order valence-electron chi connectivity index (χ1n) is 4.63. The smallest absolute Gasteiger partial charge is 0.267 e. The van der Waals surface area contributed by atoms with Gasteiger partial charge in [0.1, 0.15) is 10.3 Å². The molecule has 1 atom stereocenters. The van der Waals surface area contributed by atoms with Crippen molar-refractivity contribution in [1.82, 2.24) is 9.97 Å². The lowest BCUT2D eigenvalue weighted by molar-refractivity contribution is 0.199. The first-order valence-corrected chi connectivity index (χ1v) is 5.86. The minimum atomic E-state index is -0.213.